The van der Waals surface area contributed by atoms with Gasteiger partial charge in [-0.1, -0.05) is 36.2 Å². The Hall–Kier alpha value is -0.860. The maximum absolute atomic E-state index is 5.69. The van der Waals surface area contributed by atoms with Crippen LogP contribution in [0, 0.1) is 6.92 Å². The molecule has 2 rings (SSSR count). The summed E-state index contributed by atoms with van der Waals surface area (Å²) in [4.78, 5) is 2.66. The van der Waals surface area contributed by atoms with E-state index in [0.29, 0.717) is 6.04 Å². The average Bonchev–Trinajstić information content (AvgIpc) is 2.42. The first kappa shape index (κ1) is 13.6. The lowest BCUT2D eigenvalue weighted by atomic mass is 9.97. The van der Waals surface area contributed by atoms with Gasteiger partial charge in [0.1, 0.15) is 0 Å². The topological polar surface area (TPSA) is 29.3 Å². The molecule has 1 aliphatic rings. The van der Waals surface area contributed by atoms with E-state index in [2.05, 4.69) is 36.1 Å². The lowest BCUT2D eigenvalue weighted by molar-refractivity contribution is 0.154. The minimum Gasteiger partial charge on any atom is -0.330 e. The van der Waals surface area contributed by atoms with Gasteiger partial charge >= 0.3 is 0 Å². The van der Waals surface area contributed by atoms with Crippen LogP contribution in [0.2, 0.25) is 0 Å². The number of benzene rings is 1. The van der Waals surface area contributed by atoms with Crippen LogP contribution in [0.15, 0.2) is 24.3 Å². The largest absolute Gasteiger partial charge is 0.330 e. The molecule has 2 nitrogen and oxygen atoms in total. The van der Waals surface area contributed by atoms with Crippen molar-refractivity contribution in [3.05, 3.63) is 35.4 Å². The Labute approximate surface area is 111 Å². The fourth-order valence-corrected chi connectivity index (χ4v) is 2.89. The van der Waals surface area contributed by atoms with Gasteiger partial charge in [-0.05, 0) is 57.8 Å². The molecule has 0 bridgehead atoms. The molecule has 0 aliphatic carbocycles. The number of rotatable bonds is 5. The first-order valence-corrected chi connectivity index (χ1v) is 7.32. The molecule has 1 aromatic carbocycles. The Balaban J connectivity index is 2.10. The van der Waals surface area contributed by atoms with Crippen LogP contribution in [-0.2, 0) is 0 Å². The summed E-state index contributed by atoms with van der Waals surface area (Å²) < 4.78 is 0. The van der Waals surface area contributed by atoms with Gasteiger partial charge < -0.3 is 5.73 Å². The van der Waals surface area contributed by atoms with Gasteiger partial charge in [0.05, 0.1) is 0 Å². The van der Waals surface area contributed by atoms with Crippen molar-refractivity contribution < 1.29 is 0 Å². The molecule has 1 fully saturated rings. The number of nitrogens with zero attached hydrogens (tertiary/aromatic N) is 1. The van der Waals surface area contributed by atoms with Crippen LogP contribution in [-0.4, -0.2) is 24.5 Å². The summed E-state index contributed by atoms with van der Waals surface area (Å²) in [5.41, 5.74) is 8.50. The minimum atomic E-state index is 0.578. The summed E-state index contributed by atoms with van der Waals surface area (Å²) in [5.74, 6) is 0. The summed E-state index contributed by atoms with van der Waals surface area (Å²) in [6, 6.07) is 9.63. The predicted octanol–water partition coefficient (Wildman–Crippen LogP) is 3.26. The summed E-state index contributed by atoms with van der Waals surface area (Å²) in [6.07, 6.45) is 6.42. The molecule has 0 spiro atoms. The molecule has 1 unspecified atom stereocenters. The van der Waals surface area contributed by atoms with E-state index in [1.165, 1.54) is 49.9 Å². The number of hydrogen-bond acceptors (Lipinski definition) is 2. The lowest BCUT2D eigenvalue weighted by Gasteiger charge is -2.35. The molecule has 0 saturated carbocycles. The Morgan fingerprint density at radius 2 is 1.78 bits per heavy atom. The van der Waals surface area contributed by atoms with Crippen LogP contribution in [0.4, 0.5) is 0 Å². The second kappa shape index (κ2) is 6.91. The third kappa shape index (κ3) is 3.56. The van der Waals surface area contributed by atoms with E-state index < -0.39 is 0 Å². The van der Waals surface area contributed by atoms with Crippen molar-refractivity contribution in [1.29, 1.82) is 0 Å². The van der Waals surface area contributed by atoms with Gasteiger partial charge in [-0.25, -0.2) is 0 Å². The quantitative estimate of drug-likeness (QED) is 0.864. The normalized spacial score (nSPS) is 18.8. The van der Waals surface area contributed by atoms with E-state index in [0.717, 1.165) is 13.0 Å². The van der Waals surface area contributed by atoms with Crippen LogP contribution in [0.25, 0.3) is 0 Å². The van der Waals surface area contributed by atoms with Gasteiger partial charge in [-0.3, -0.25) is 4.90 Å². The van der Waals surface area contributed by atoms with Crippen LogP contribution in [0.3, 0.4) is 0 Å². The first-order valence-electron chi connectivity index (χ1n) is 7.32. The second-order valence-electron chi connectivity index (χ2n) is 5.45. The predicted molar refractivity (Wildman–Crippen MR) is 77.6 cm³/mol. The van der Waals surface area contributed by atoms with E-state index >= 15 is 0 Å². The number of hydrogen-bond donors (Lipinski definition) is 1. The van der Waals surface area contributed by atoms with Crippen molar-refractivity contribution >= 4 is 0 Å². The fraction of sp³-hybridized carbons (Fsp3) is 0.625. The van der Waals surface area contributed by atoms with Crippen LogP contribution >= 0.6 is 0 Å². The zero-order chi connectivity index (χ0) is 12.8. The van der Waals surface area contributed by atoms with Crippen molar-refractivity contribution in [2.45, 2.75) is 45.1 Å². The summed E-state index contributed by atoms with van der Waals surface area (Å²) in [5, 5.41) is 0. The molecule has 1 heterocycles. The van der Waals surface area contributed by atoms with E-state index in [1.54, 1.807) is 0 Å². The molecule has 1 atom stereocenters. The van der Waals surface area contributed by atoms with Crippen molar-refractivity contribution in [3.8, 4) is 0 Å². The highest BCUT2D eigenvalue weighted by molar-refractivity contribution is 5.24. The Bertz CT molecular complexity index is 339. The maximum Gasteiger partial charge on any atom is 0.0348 e. The highest BCUT2D eigenvalue weighted by atomic mass is 15.2. The second-order valence-corrected chi connectivity index (χ2v) is 5.45. The SMILES string of the molecule is Cc1ccc(C(CCCN)N2CCCCC2)cc1. The van der Waals surface area contributed by atoms with Gasteiger partial charge in [-0.15, -0.1) is 0 Å². The third-order valence-corrected chi connectivity index (χ3v) is 3.98. The number of nitrogens with two attached hydrogens (primary N) is 1. The molecule has 0 aromatic heterocycles. The van der Waals surface area contributed by atoms with Gasteiger partial charge in [0, 0.05) is 6.04 Å². The zero-order valence-electron chi connectivity index (χ0n) is 11.6. The van der Waals surface area contributed by atoms with Crippen molar-refractivity contribution in [3.63, 3.8) is 0 Å². The maximum atomic E-state index is 5.69. The van der Waals surface area contributed by atoms with E-state index in [4.69, 9.17) is 5.73 Å². The molecule has 0 radical (unpaired) electrons. The molecule has 0 amide bonds. The molecular weight excluding hydrogens is 220 g/mol. The zero-order valence-corrected chi connectivity index (χ0v) is 11.6. The molecule has 18 heavy (non-hydrogen) atoms. The van der Waals surface area contributed by atoms with Crippen molar-refractivity contribution in [1.82, 2.24) is 4.90 Å². The van der Waals surface area contributed by atoms with Crippen LogP contribution in [0.1, 0.15) is 49.3 Å². The van der Waals surface area contributed by atoms with E-state index in [-0.39, 0.29) is 0 Å². The number of aryl methyl sites for hydroxylation is 1. The minimum absolute atomic E-state index is 0.578. The monoisotopic (exact) mass is 246 g/mol. The summed E-state index contributed by atoms with van der Waals surface area (Å²) in [6.45, 7) is 5.46. The fourth-order valence-electron chi connectivity index (χ4n) is 2.89. The number of likely N-dealkylation sites (tertiary alicyclic amines) is 1. The molecule has 100 valence electrons. The molecule has 2 N–H and O–H groups in total. The molecule has 1 saturated heterocycles. The van der Waals surface area contributed by atoms with Crippen LogP contribution in [0.5, 0.6) is 0 Å². The third-order valence-electron chi connectivity index (χ3n) is 3.98. The Morgan fingerprint density at radius 1 is 1.11 bits per heavy atom. The van der Waals surface area contributed by atoms with Crippen molar-refractivity contribution in [2.75, 3.05) is 19.6 Å². The first-order chi connectivity index (χ1) is 8.81. The molecule has 2 heteroatoms. The molecule has 1 aromatic rings. The lowest BCUT2D eigenvalue weighted by Crippen LogP contribution is -2.34. The average molecular weight is 246 g/mol. The van der Waals surface area contributed by atoms with Gasteiger partial charge in [0.2, 0.25) is 0 Å². The van der Waals surface area contributed by atoms with Crippen LogP contribution < -0.4 is 5.73 Å². The Kier molecular flexibility index (Phi) is 5.21. The van der Waals surface area contributed by atoms with Crippen molar-refractivity contribution in [2.24, 2.45) is 5.73 Å². The standard InChI is InChI=1S/C16H26N2/c1-14-7-9-15(10-8-14)16(6-5-11-17)18-12-3-2-4-13-18/h7-10,16H,2-6,11-13,17H2,1H3. The molecular formula is C16H26N2. The van der Waals surface area contributed by atoms with E-state index in [9.17, 15) is 0 Å². The summed E-state index contributed by atoms with van der Waals surface area (Å²) >= 11 is 0. The van der Waals surface area contributed by atoms with Gasteiger partial charge in [-0.2, -0.15) is 0 Å². The smallest absolute Gasteiger partial charge is 0.0348 e. The molecule has 1 aliphatic heterocycles. The van der Waals surface area contributed by atoms with E-state index in [1.807, 2.05) is 0 Å². The number of piperidine rings is 1. The summed E-state index contributed by atoms with van der Waals surface area (Å²) in [7, 11) is 0. The van der Waals surface area contributed by atoms with Gasteiger partial charge in [0.15, 0.2) is 0 Å². The highest BCUT2D eigenvalue weighted by Gasteiger charge is 2.21. The Morgan fingerprint density at radius 3 is 2.39 bits per heavy atom. The highest BCUT2D eigenvalue weighted by Crippen LogP contribution is 2.28. The van der Waals surface area contributed by atoms with Gasteiger partial charge in [0.25, 0.3) is 0 Å².